The van der Waals surface area contributed by atoms with Gasteiger partial charge in [0.15, 0.2) is 0 Å². The highest BCUT2D eigenvalue weighted by molar-refractivity contribution is 7.84. The molecule has 5 rings (SSSR count). The standard InChI is InChI=1S/C35H49F5O6S/c1-32-14-12-24(41)18-23(32)6-9-27-29-10-11-30(43)33(29,2)19-28(31(27)32)22-4-7-26(8-5-22)46-21-25(42)20-45-15-17-47(44)16-3-13-34(36,37)35(38,39)40/h4-5,7-8,23,25,27-31,42-43H,3,6,9-21H2,1-2H3/t23-,25?,27-,28+,29-,30-,31+,32-,33-,47?/m0/s1. The van der Waals surface area contributed by atoms with Crippen molar-refractivity contribution < 1.29 is 50.6 Å². The van der Waals surface area contributed by atoms with Crippen molar-refractivity contribution in [2.45, 2.75) is 108 Å². The van der Waals surface area contributed by atoms with Crippen molar-refractivity contribution in [2.24, 2.45) is 34.5 Å². The minimum absolute atomic E-state index is 0.0391. The Labute approximate surface area is 276 Å². The molecule has 0 saturated heterocycles. The minimum Gasteiger partial charge on any atom is -0.491 e. The van der Waals surface area contributed by atoms with Crippen LogP contribution in [0.15, 0.2) is 24.3 Å². The maximum atomic E-state index is 13.0. The monoisotopic (exact) mass is 692 g/mol. The molecule has 2 N–H and O–H groups in total. The molecule has 266 valence electrons. The molecule has 10 atom stereocenters. The number of fused-ring (bicyclic) bond motifs is 5. The van der Waals surface area contributed by atoms with Gasteiger partial charge in [-0.1, -0.05) is 26.0 Å². The molecule has 2 unspecified atom stereocenters. The molecule has 0 radical (unpaired) electrons. The van der Waals surface area contributed by atoms with Crippen LogP contribution in [-0.2, 0) is 20.3 Å². The summed E-state index contributed by atoms with van der Waals surface area (Å²) in [6, 6.07) is 7.98. The van der Waals surface area contributed by atoms with Crippen LogP contribution in [-0.4, -0.2) is 75.8 Å². The Morgan fingerprint density at radius 3 is 2.43 bits per heavy atom. The molecule has 1 aromatic carbocycles. The number of alkyl halides is 5. The van der Waals surface area contributed by atoms with E-state index in [1.807, 2.05) is 12.1 Å². The number of aliphatic hydroxyl groups is 2. The zero-order valence-corrected chi connectivity index (χ0v) is 28.1. The Balaban J connectivity index is 1.12. The lowest BCUT2D eigenvalue weighted by atomic mass is 9.42. The maximum absolute atomic E-state index is 13.0. The van der Waals surface area contributed by atoms with Gasteiger partial charge >= 0.3 is 12.1 Å². The summed E-state index contributed by atoms with van der Waals surface area (Å²) in [6.07, 6.45) is -1.57. The van der Waals surface area contributed by atoms with Gasteiger partial charge in [0.25, 0.3) is 0 Å². The average Bonchev–Trinajstić information content (AvgIpc) is 3.31. The van der Waals surface area contributed by atoms with Crippen LogP contribution in [0.4, 0.5) is 22.0 Å². The van der Waals surface area contributed by atoms with E-state index in [9.17, 15) is 41.2 Å². The molecule has 6 nitrogen and oxygen atoms in total. The summed E-state index contributed by atoms with van der Waals surface area (Å²) in [5.74, 6) is -2.03. The highest BCUT2D eigenvalue weighted by Crippen LogP contribution is 2.69. The van der Waals surface area contributed by atoms with Crippen LogP contribution in [0.25, 0.3) is 0 Å². The second-order valence-corrected chi connectivity index (χ2v) is 16.7. The summed E-state index contributed by atoms with van der Waals surface area (Å²) in [6.45, 7) is 4.48. The van der Waals surface area contributed by atoms with Crippen molar-refractivity contribution in [2.75, 3.05) is 31.3 Å². The van der Waals surface area contributed by atoms with Gasteiger partial charge in [0.1, 0.15) is 24.2 Å². The Morgan fingerprint density at radius 1 is 1.00 bits per heavy atom. The van der Waals surface area contributed by atoms with Crippen molar-refractivity contribution in [3.05, 3.63) is 29.8 Å². The van der Waals surface area contributed by atoms with Gasteiger partial charge < -0.3 is 19.7 Å². The van der Waals surface area contributed by atoms with Crippen LogP contribution in [0.1, 0.15) is 89.5 Å². The van der Waals surface area contributed by atoms with Gasteiger partial charge in [0, 0.05) is 41.6 Å². The zero-order valence-electron chi connectivity index (χ0n) is 27.3. The van der Waals surface area contributed by atoms with E-state index in [0.717, 1.165) is 38.5 Å². The molecular formula is C35H49F5O6S. The molecule has 0 aromatic heterocycles. The molecule has 0 heterocycles. The first-order valence-electron chi connectivity index (χ1n) is 17.0. The van der Waals surface area contributed by atoms with E-state index in [0.29, 0.717) is 48.0 Å². The lowest BCUT2D eigenvalue weighted by molar-refractivity contribution is -0.284. The highest BCUT2D eigenvalue weighted by atomic mass is 32.2. The summed E-state index contributed by atoms with van der Waals surface area (Å²) in [7, 11) is -1.62. The van der Waals surface area contributed by atoms with Crippen molar-refractivity contribution in [1.29, 1.82) is 0 Å². The number of ether oxygens (including phenoxy) is 2. The van der Waals surface area contributed by atoms with Crippen molar-refractivity contribution in [1.82, 2.24) is 0 Å². The smallest absolute Gasteiger partial charge is 0.453 e. The molecule has 0 amide bonds. The molecule has 4 aliphatic carbocycles. The predicted octanol–water partition coefficient (Wildman–Crippen LogP) is 6.84. The zero-order chi connectivity index (χ0) is 34.2. The number of carbonyl (C=O) groups is 1. The lowest BCUT2D eigenvalue weighted by Gasteiger charge is -2.62. The largest absolute Gasteiger partial charge is 0.491 e. The second kappa shape index (κ2) is 14.3. The second-order valence-electron chi connectivity index (χ2n) is 15.0. The molecule has 4 saturated carbocycles. The predicted molar refractivity (Wildman–Crippen MR) is 168 cm³/mol. The number of aliphatic hydroxyl groups excluding tert-OH is 2. The van der Waals surface area contributed by atoms with E-state index in [1.165, 1.54) is 5.56 Å². The van der Waals surface area contributed by atoms with Gasteiger partial charge in [-0.15, -0.1) is 0 Å². The van der Waals surface area contributed by atoms with Gasteiger partial charge in [0.2, 0.25) is 0 Å². The summed E-state index contributed by atoms with van der Waals surface area (Å²) in [5, 5.41) is 21.5. The number of hydrogen-bond donors (Lipinski definition) is 2. The lowest BCUT2D eigenvalue weighted by Crippen LogP contribution is -2.56. The number of rotatable bonds is 13. The first-order chi connectivity index (χ1) is 22.0. The quantitative estimate of drug-likeness (QED) is 0.174. The van der Waals surface area contributed by atoms with Gasteiger partial charge in [-0.25, -0.2) is 0 Å². The Kier molecular flexibility index (Phi) is 11.2. The molecule has 4 fully saturated rings. The average molecular weight is 693 g/mol. The van der Waals surface area contributed by atoms with Crippen LogP contribution in [0.3, 0.4) is 0 Å². The topological polar surface area (TPSA) is 93.1 Å². The van der Waals surface area contributed by atoms with E-state index < -0.39 is 41.8 Å². The summed E-state index contributed by atoms with van der Waals surface area (Å²) < 4.78 is 85.7. The third-order valence-corrected chi connectivity index (χ3v) is 13.5. The van der Waals surface area contributed by atoms with Crippen molar-refractivity contribution in [3.8, 4) is 5.75 Å². The van der Waals surface area contributed by atoms with E-state index in [4.69, 9.17) is 9.47 Å². The van der Waals surface area contributed by atoms with E-state index in [1.54, 1.807) is 0 Å². The van der Waals surface area contributed by atoms with Crippen LogP contribution in [0, 0.1) is 34.5 Å². The fraction of sp³-hybridized carbons (Fsp3) is 0.800. The molecule has 47 heavy (non-hydrogen) atoms. The van der Waals surface area contributed by atoms with Crippen molar-refractivity contribution >= 4 is 16.6 Å². The number of Topliss-reactive ketones (excluding diaryl/α,β-unsaturated/α-hetero) is 1. The number of hydrogen-bond acceptors (Lipinski definition) is 6. The fourth-order valence-electron chi connectivity index (χ4n) is 9.65. The van der Waals surface area contributed by atoms with Crippen molar-refractivity contribution in [3.63, 3.8) is 0 Å². The highest BCUT2D eigenvalue weighted by Gasteiger charge is 2.63. The first-order valence-corrected chi connectivity index (χ1v) is 18.5. The summed E-state index contributed by atoms with van der Waals surface area (Å²) in [4.78, 5) is 12.4. The van der Waals surface area contributed by atoms with E-state index in [2.05, 4.69) is 26.0 Å². The molecule has 0 bridgehead atoms. The van der Waals surface area contributed by atoms with E-state index >= 15 is 0 Å². The van der Waals surface area contributed by atoms with Crippen LogP contribution in [0.5, 0.6) is 5.75 Å². The van der Waals surface area contributed by atoms with Gasteiger partial charge in [-0.05, 0) is 103 Å². The van der Waals surface area contributed by atoms with Gasteiger partial charge in [-0.3, -0.25) is 9.00 Å². The Hall–Kier alpha value is -1.63. The number of carbonyl (C=O) groups excluding carboxylic acids is 1. The van der Waals surface area contributed by atoms with Gasteiger partial charge in [-0.2, -0.15) is 22.0 Å². The molecule has 0 aliphatic heterocycles. The SMILES string of the molecule is C[C@]12CCC(=O)C[C@@H]1CC[C@@H]1[C@@H]2[C@@H](c2ccc(OCC(O)COCCS(=O)CCCC(F)(F)C(F)(F)F)cc2)C[C@]2(C)[C@@H](O)CC[C@@H]12. The third-order valence-electron chi connectivity index (χ3n) is 12.2. The fourth-order valence-corrected chi connectivity index (χ4v) is 10.6. The van der Waals surface area contributed by atoms with Gasteiger partial charge in [0.05, 0.1) is 19.3 Å². The minimum atomic E-state index is -5.62. The van der Waals surface area contributed by atoms with Crippen LogP contribution < -0.4 is 4.74 Å². The van der Waals surface area contributed by atoms with Crippen LogP contribution >= 0.6 is 0 Å². The number of benzene rings is 1. The third kappa shape index (κ3) is 7.75. The Morgan fingerprint density at radius 2 is 1.72 bits per heavy atom. The first kappa shape index (κ1) is 36.6. The number of halogens is 5. The summed E-state index contributed by atoms with van der Waals surface area (Å²) >= 11 is 0. The number of ketones is 1. The molecular weight excluding hydrogens is 643 g/mol. The summed E-state index contributed by atoms with van der Waals surface area (Å²) in [5.41, 5.74) is 1.17. The molecule has 0 spiro atoms. The van der Waals surface area contributed by atoms with Crippen LogP contribution in [0.2, 0.25) is 0 Å². The molecule has 1 aromatic rings. The maximum Gasteiger partial charge on any atom is 0.453 e. The Bertz CT molecular complexity index is 1260. The molecule has 12 heteroatoms. The molecule has 4 aliphatic rings. The van der Waals surface area contributed by atoms with E-state index in [-0.39, 0.29) is 54.2 Å². The normalized spacial score (nSPS) is 35.5.